The zero-order chi connectivity index (χ0) is 22.5. The Bertz CT molecular complexity index is 692. The highest BCUT2D eigenvalue weighted by Gasteiger charge is 2.28. The first kappa shape index (κ1) is 25.2. The lowest BCUT2D eigenvalue weighted by atomic mass is 9.86. The number of rotatable bonds is 13. The molecule has 1 fully saturated rings. The number of ether oxygens (including phenoxy) is 2. The zero-order valence-corrected chi connectivity index (χ0v) is 19.5. The van der Waals surface area contributed by atoms with Crippen LogP contribution in [0.25, 0.3) is 0 Å². The third-order valence-corrected chi connectivity index (χ3v) is 6.12. The van der Waals surface area contributed by atoms with Crippen LogP contribution in [0, 0.1) is 12.3 Å². The van der Waals surface area contributed by atoms with Gasteiger partial charge in [-0.1, -0.05) is 56.2 Å². The van der Waals surface area contributed by atoms with Gasteiger partial charge in [-0.3, -0.25) is 9.59 Å². The van der Waals surface area contributed by atoms with Gasteiger partial charge in [0.25, 0.3) is 0 Å². The summed E-state index contributed by atoms with van der Waals surface area (Å²) >= 11 is 0. The molecule has 3 atom stereocenters. The van der Waals surface area contributed by atoms with Gasteiger partial charge in [0.2, 0.25) is 0 Å². The second-order valence-electron chi connectivity index (χ2n) is 8.53. The molecule has 0 aromatic heterocycles. The second kappa shape index (κ2) is 14.1. The van der Waals surface area contributed by atoms with E-state index < -0.39 is 0 Å². The largest absolute Gasteiger partial charge is 0.469 e. The molecule has 4 nitrogen and oxygen atoms in total. The molecular formula is C27H39O4. The van der Waals surface area contributed by atoms with Crippen LogP contribution in [0.5, 0.6) is 0 Å². The molecule has 171 valence electrons. The van der Waals surface area contributed by atoms with E-state index in [9.17, 15) is 9.59 Å². The van der Waals surface area contributed by atoms with Crippen LogP contribution in [0.2, 0.25) is 0 Å². The lowest BCUT2D eigenvalue weighted by molar-refractivity contribution is -0.147. The summed E-state index contributed by atoms with van der Waals surface area (Å²) in [5.41, 5.74) is 2.44. The molecule has 0 aliphatic heterocycles. The van der Waals surface area contributed by atoms with Gasteiger partial charge in [0.15, 0.2) is 0 Å². The minimum absolute atomic E-state index is 0.136. The maximum absolute atomic E-state index is 11.5. The van der Waals surface area contributed by atoms with Crippen molar-refractivity contribution in [3.8, 4) is 0 Å². The maximum Gasteiger partial charge on any atom is 0.305 e. The van der Waals surface area contributed by atoms with E-state index in [0.29, 0.717) is 18.3 Å². The fourth-order valence-electron chi connectivity index (χ4n) is 4.40. The van der Waals surface area contributed by atoms with E-state index in [-0.39, 0.29) is 18.0 Å². The molecule has 4 heteroatoms. The van der Waals surface area contributed by atoms with Gasteiger partial charge in [-0.15, -0.1) is 0 Å². The first-order chi connectivity index (χ1) is 15.0. The molecule has 0 saturated heterocycles. The molecule has 1 aromatic rings. The van der Waals surface area contributed by atoms with Gasteiger partial charge in [-0.05, 0) is 74.3 Å². The number of methoxy groups -OCH3 is 1. The number of carbonyl (C=O) groups is 2. The van der Waals surface area contributed by atoms with Gasteiger partial charge in [-0.2, -0.15) is 0 Å². The van der Waals surface area contributed by atoms with Gasteiger partial charge in [-0.25, -0.2) is 0 Å². The van der Waals surface area contributed by atoms with Crippen molar-refractivity contribution in [3.05, 3.63) is 54.0 Å². The van der Waals surface area contributed by atoms with Crippen molar-refractivity contribution in [2.24, 2.45) is 5.92 Å². The SMILES string of the molecule is CCCCC[C@@H](OC(C)=O)c1ccc([C@H]2[CH]CC[C@@H]2C/C=C\CCCC(=O)OC)cc1. The predicted octanol–water partition coefficient (Wildman–Crippen LogP) is 6.86. The quantitative estimate of drug-likeness (QED) is 0.196. The second-order valence-corrected chi connectivity index (χ2v) is 8.53. The lowest BCUT2D eigenvalue weighted by Crippen LogP contribution is -2.10. The van der Waals surface area contributed by atoms with Crippen molar-refractivity contribution < 1.29 is 19.1 Å². The van der Waals surface area contributed by atoms with Crippen molar-refractivity contribution in [1.29, 1.82) is 0 Å². The number of allylic oxidation sites excluding steroid dienone is 2. The van der Waals surface area contributed by atoms with Crippen LogP contribution in [-0.4, -0.2) is 19.0 Å². The van der Waals surface area contributed by atoms with E-state index in [1.165, 1.54) is 26.0 Å². The Balaban J connectivity index is 1.90. The zero-order valence-electron chi connectivity index (χ0n) is 19.5. The molecule has 0 spiro atoms. The van der Waals surface area contributed by atoms with Crippen LogP contribution in [0.1, 0.15) is 101 Å². The van der Waals surface area contributed by atoms with Crippen LogP contribution < -0.4 is 0 Å². The highest BCUT2D eigenvalue weighted by Crippen LogP contribution is 2.41. The maximum atomic E-state index is 11.5. The Morgan fingerprint density at radius 3 is 2.58 bits per heavy atom. The molecule has 1 aliphatic rings. The van der Waals surface area contributed by atoms with E-state index in [4.69, 9.17) is 4.74 Å². The van der Waals surface area contributed by atoms with E-state index >= 15 is 0 Å². The summed E-state index contributed by atoms with van der Waals surface area (Å²) in [6.45, 7) is 3.67. The molecule has 0 bridgehead atoms. The molecule has 1 radical (unpaired) electrons. The number of hydrogen-bond donors (Lipinski definition) is 0. The van der Waals surface area contributed by atoms with Gasteiger partial charge in [0, 0.05) is 13.3 Å². The summed E-state index contributed by atoms with van der Waals surface area (Å²) in [5.74, 6) is 0.745. The van der Waals surface area contributed by atoms with Crippen LogP contribution in [0.3, 0.4) is 0 Å². The van der Waals surface area contributed by atoms with Crippen molar-refractivity contribution in [2.75, 3.05) is 7.11 Å². The Hall–Kier alpha value is -2.10. The first-order valence-electron chi connectivity index (χ1n) is 11.9. The van der Waals surface area contributed by atoms with E-state index in [1.54, 1.807) is 0 Å². The number of benzene rings is 1. The van der Waals surface area contributed by atoms with Gasteiger partial charge in [0.05, 0.1) is 7.11 Å². The van der Waals surface area contributed by atoms with E-state index in [1.807, 2.05) is 0 Å². The number of hydrogen-bond acceptors (Lipinski definition) is 4. The molecule has 0 N–H and O–H groups in total. The summed E-state index contributed by atoms with van der Waals surface area (Å²) < 4.78 is 10.3. The number of carbonyl (C=O) groups excluding carboxylic acids is 2. The predicted molar refractivity (Wildman–Crippen MR) is 124 cm³/mol. The summed E-state index contributed by atoms with van der Waals surface area (Å²) in [5, 5.41) is 0. The van der Waals surface area contributed by atoms with Crippen molar-refractivity contribution in [3.63, 3.8) is 0 Å². The van der Waals surface area contributed by atoms with E-state index in [2.05, 4.69) is 54.5 Å². The van der Waals surface area contributed by atoms with Crippen LogP contribution in [0.4, 0.5) is 0 Å². The summed E-state index contributed by atoms with van der Waals surface area (Å²) in [6.07, 6.45) is 16.7. The lowest BCUT2D eigenvalue weighted by Gasteiger charge is -2.21. The Morgan fingerprint density at radius 2 is 1.90 bits per heavy atom. The molecule has 1 aromatic carbocycles. The average molecular weight is 428 g/mol. The molecule has 0 amide bonds. The monoisotopic (exact) mass is 427 g/mol. The Labute approximate surface area is 188 Å². The van der Waals surface area contributed by atoms with Gasteiger partial charge >= 0.3 is 11.9 Å². The van der Waals surface area contributed by atoms with Gasteiger partial charge in [0.1, 0.15) is 6.10 Å². The normalized spacial score (nSPS) is 19.5. The molecular weight excluding hydrogens is 388 g/mol. The molecule has 0 unspecified atom stereocenters. The minimum Gasteiger partial charge on any atom is -0.469 e. The summed E-state index contributed by atoms with van der Waals surface area (Å²) in [6, 6.07) is 8.71. The highest BCUT2D eigenvalue weighted by molar-refractivity contribution is 5.69. The molecule has 0 heterocycles. The van der Waals surface area contributed by atoms with Crippen molar-refractivity contribution in [1.82, 2.24) is 0 Å². The van der Waals surface area contributed by atoms with Crippen LogP contribution in [-0.2, 0) is 19.1 Å². The van der Waals surface area contributed by atoms with Crippen LogP contribution >= 0.6 is 0 Å². The molecule has 1 aliphatic carbocycles. The standard InChI is InChI=1S/C27H39O4/c1-4-5-8-15-26(31-21(2)28)24-19-17-23(18-20-24)25-14-11-13-22(25)12-9-6-7-10-16-27(29)30-3/h6,9,14,17-20,22,25-26H,4-5,7-8,10-13,15-16H2,1-3H3/b9-6-/t22-,25-,26+/m0/s1. The Kier molecular flexibility index (Phi) is 11.4. The summed E-state index contributed by atoms with van der Waals surface area (Å²) in [4.78, 5) is 22.7. The Morgan fingerprint density at radius 1 is 1.13 bits per heavy atom. The van der Waals surface area contributed by atoms with Gasteiger partial charge < -0.3 is 9.47 Å². The molecule has 2 rings (SSSR count). The highest BCUT2D eigenvalue weighted by atomic mass is 16.5. The number of esters is 2. The van der Waals surface area contributed by atoms with Crippen molar-refractivity contribution >= 4 is 11.9 Å². The fraction of sp³-hybridized carbons (Fsp3) is 0.593. The summed E-state index contributed by atoms with van der Waals surface area (Å²) in [7, 11) is 1.43. The van der Waals surface area contributed by atoms with E-state index in [0.717, 1.165) is 56.9 Å². The third-order valence-electron chi connectivity index (χ3n) is 6.12. The molecule has 1 saturated carbocycles. The van der Waals surface area contributed by atoms with Crippen molar-refractivity contribution in [2.45, 2.75) is 90.1 Å². The van der Waals surface area contributed by atoms with Crippen LogP contribution in [0.15, 0.2) is 36.4 Å². The molecule has 31 heavy (non-hydrogen) atoms. The minimum atomic E-state index is -0.215. The third kappa shape index (κ3) is 8.88. The fourth-order valence-corrected chi connectivity index (χ4v) is 4.40. The first-order valence-corrected chi connectivity index (χ1v) is 11.9. The topological polar surface area (TPSA) is 52.6 Å². The smallest absolute Gasteiger partial charge is 0.305 e. The number of unbranched alkanes of at least 4 members (excludes halogenated alkanes) is 3. The average Bonchev–Trinajstić information content (AvgIpc) is 3.23.